The van der Waals surface area contributed by atoms with Gasteiger partial charge in [-0.3, -0.25) is 14.9 Å². The Balaban J connectivity index is 3.15. The second-order valence-corrected chi connectivity index (χ2v) is 3.70. The summed E-state index contributed by atoms with van der Waals surface area (Å²) < 4.78 is 9.54. The second kappa shape index (κ2) is 6.58. The van der Waals surface area contributed by atoms with Gasteiger partial charge in [0.1, 0.15) is 18.0 Å². The number of carbonyl (C=O) groups excluding carboxylic acids is 1. The number of benzene rings is 1. The molecule has 0 heterocycles. The van der Waals surface area contributed by atoms with Crippen LogP contribution in [0.2, 0.25) is 0 Å². The Labute approximate surface area is 110 Å². The summed E-state index contributed by atoms with van der Waals surface area (Å²) in [5, 5.41) is 11.1. The third kappa shape index (κ3) is 3.57. The van der Waals surface area contributed by atoms with Crippen molar-refractivity contribution in [3.05, 3.63) is 28.3 Å². The van der Waals surface area contributed by atoms with Crippen molar-refractivity contribution in [2.24, 2.45) is 0 Å². The molecule has 0 aliphatic rings. The molecule has 1 aromatic carbocycles. The first-order valence-electron chi connectivity index (χ1n) is 5.67. The third-order valence-corrected chi connectivity index (χ3v) is 2.65. The van der Waals surface area contributed by atoms with Gasteiger partial charge in [0.25, 0.3) is 5.69 Å². The summed E-state index contributed by atoms with van der Waals surface area (Å²) in [5.74, 6) is -0.0588. The Morgan fingerprint density at radius 1 is 1.42 bits per heavy atom. The summed E-state index contributed by atoms with van der Waals surface area (Å²) in [4.78, 5) is 23.4. The van der Waals surface area contributed by atoms with Gasteiger partial charge in [-0.05, 0) is 19.1 Å². The van der Waals surface area contributed by atoms with E-state index in [1.165, 1.54) is 20.3 Å². The lowest BCUT2D eigenvalue weighted by Crippen LogP contribution is -2.30. The van der Waals surface area contributed by atoms with E-state index >= 15 is 0 Å². The molecule has 0 atom stereocenters. The van der Waals surface area contributed by atoms with E-state index in [0.717, 1.165) is 0 Å². The lowest BCUT2D eigenvalue weighted by molar-refractivity contribution is -0.384. The van der Waals surface area contributed by atoms with Gasteiger partial charge in [0.2, 0.25) is 0 Å². The van der Waals surface area contributed by atoms with Crippen LogP contribution >= 0.6 is 0 Å². The molecule has 7 heteroatoms. The van der Waals surface area contributed by atoms with Crippen LogP contribution in [0.1, 0.15) is 6.92 Å². The van der Waals surface area contributed by atoms with Crippen molar-refractivity contribution in [3.63, 3.8) is 0 Å². The average molecular weight is 268 g/mol. The number of nitrogens with zero attached hydrogens (tertiary/aromatic N) is 2. The van der Waals surface area contributed by atoms with E-state index in [1.807, 2.05) is 0 Å². The fourth-order valence-corrected chi connectivity index (χ4v) is 1.63. The van der Waals surface area contributed by atoms with Crippen molar-refractivity contribution in [2.45, 2.75) is 6.92 Å². The first-order chi connectivity index (χ1) is 9.03. The normalized spacial score (nSPS) is 9.84. The molecule has 0 aliphatic heterocycles. The minimum absolute atomic E-state index is 0.0415. The fraction of sp³-hybridized carbons (Fsp3) is 0.417. The zero-order chi connectivity index (χ0) is 14.4. The van der Waals surface area contributed by atoms with E-state index in [0.29, 0.717) is 18.0 Å². The van der Waals surface area contributed by atoms with Crippen LogP contribution in [0.4, 0.5) is 11.4 Å². The maximum Gasteiger partial charge on any atom is 0.325 e. The van der Waals surface area contributed by atoms with Crippen LogP contribution in [0, 0.1) is 10.1 Å². The molecular formula is C12H16N2O5. The van der Waals surface area contributed by atoms with E-state index in [-0.39, 0.29) is 12.2 Å². The summed E-state index contributed by atoms with van der Waals surface area (Å²) in [6.45, 7) is 2.21. The van der Waals surface area contributed by atoms with Crippen molar-refractivity contribution in [1.29, 1.82) is 0 Å². The van der Waals surface area contributed by atoms with Gasteiger partial charge in [-0.25, -0.2) is 0 Å². The van der Waals surface area contributed by atoms with Crippen molar-refractivity contribution in [1.82, 2.24) is 0 Å². The van der Waals surface area contributed by atoms with Gasteiger partial charge >= 0.3 is 5.97 Å². The Morgan fingerprint density at radius 3 is 2.58 bits per heavy atom. The molecule has 7 nitrogen and oxygen atoms in total. The van der Waals surface area contributed by atoms with Crippen molar-refractivity contribution in [2.75, 3.05) is 32.2 Å². The van der Waals surface area contributed by atoms with Gasteiger partial charge in [0.15, 0.2) is 0 Å². The topological polar surface area (TPSA) is 81.9 Å². The summed E-state index contributed by atoms with van der Waals surface area (Å²) in [6.07, 6.45) is 0. The summed E-state index contributed by atoms with van der Waals surface area (Å²) in [6, 6.07) is 4.50. The van der Waals surface area contributed by atoms with Gasteiger partial charge in [0, 0.05) is 6.54 Å². The van der Waals surface area contributed by atoms with Gasteiger partial charge in [-0.15, -0.1) is 0 Å². The maximum atomic E-state index is 11.3. The predicted octanol–water partition coefficient (Wildman–Crippen LogP) is 1.60. The number of hydrogen-bond donors (Lipinski definition) is 0. The molecule has 0 bridgehead atoms. The van der Waals surface area contributed by atoms with Crippen molar-refractivity contribution in [3.8, 4) is 5.75 Å². The minimum Gasteiger partial charge on any atom is -0.496 e. The number of ether oxygens (including phenoxy) is 2. The molecule has 0 saturated heterocycles. The highest BCUT2D eigenvalue weighted by Crippen LogP contribution is 2.31. The number of rotatable bonds is 6. The van der Waals surface area contributed by atoms with Crippen molar-refractivity contribution >= 4 is 17.3 Å². The minimum atomic E-state index is -0.502. The van der Waals surface area contributed by atoms with Crippen LogP contribution in [-0.2, 0) is 9.53 Å². The van der Waals surface area contributed by atoms with Gasteiger partial charge in [-0.1, -0.05) is 0 Å². The summed E-state index contributed by atoms with van der Waals surface area (Å²) in [5.41, 5.74) is 0.254. The van der Waals surface area contributed by atoms with Crippen LogP contribution in [-0.4, -0.2) is 38.2 Å². The SMILES string of the molecule is CCN(CC(=O)OC)c1ccc(OC)cc1[N+](=O)[O-]. The number of hydrogen-bond acceptors (Lipinski definition) is 6. The quantitative estimate of drug-likeness (QED) is 0.443. The number of likely N-dealkylation sites (N-methyl/N-ethyl adjacent to an activating group) is 1. The molecule has 0 saturated carbocycles. The summed E-state index contributed by atoms with van der Waals surface area (Å²) in [7, 11) is 2.71. The lowest BCUT2D eigenvalue weighted by Gasteiger charge is -2.21. The number of esters is 1. The van der Waals surface area contributed by atoms with Gasteiger partial charge in [-0.2, -0.15) is 0 Å². The number of anilines is 1. The molecule has 0 N–H and O–H groups in total. The average Bonchev–Trinajstić information content (AvgIpc) is 2.43. The number of nitro groups is 1. The lowest BCUT2D eigenvalue weighted by atomic mass is 10.2. The molecule has 1 aromatic rings. The molecule has 104 valence electrons. The molecule has 0 radical (unpaired) electrons. The number of carbonyl (C=O) groups is 1. The van der Waals surface area contributed by atoms with E-state index in [9.17, 15) is 14.9 Å². The first kappa shape index (κ1) is 14.7. The molecule has 19 heavy (non-hydrogen) atoms. The highest BCUT2D eigenvalue weighted by Gasteiger charge is 2.21. The standard InChI is InChI=1S/C12H16N2O5/c1-4-13(8-12(15)19-3)10-6-5-9(18-2)7-11(10)14(16)17/h5-7H,4,8H2,1-3H3. The van der Waals surface area contributed by atoms with Crippen LogP contribution in [0.25, 0.3) is 0 Å². The number of nitro benzene ring substituents is 1. The highest BCUT2D eigenvalue weighted by molar-refractivity contribution is 5.78. The Hall–Kier alpha value is -2.31. The van der Waals surface area contributed by atoms with Gasteiger partial charge in [0.05, 0.1) is 25.2 Å². The highest BCUT2D eigenvalue weighted by atomic mass is 16.6. The Kier molecular flexibility index (Phi) is 5.11. The van der Waals surface area contributed by atoms with E-state index in [1.54, 1.807) is 24.0 Å². The molecule has 0 amide bonds. The number of methoxy groups -OCH3 is 2. The Bertz CT molecular complexity index is 475. The van der Waals surface area contributed by atoms with Crippen molar-refractivity contribution < 1.29 is 19.2 Å². The fourth-order valence-electron chi connectivity index (χ4n) is 1.63. The van der Waals surface area contributed by atoms with Crippen LogP contribution < -0.4 is 9.64 Å². The van der Waals surface area contributed by atoms with Crippen LogP contribution in [0.15, 0.2) is 18.2 Å². The largest absolute Gasteiger partial charge is 0.496 e. The predicted molar refractivity (Wildman–Crippen MR) is 69.6 cm³/mol. The second-order valence-electron chi connectivity index (χ2n) is 3.70. The Morgan fingerprint density at radius 2 is 2.11 bits per heavy atom. The van der Waals surface area contributed by atoms with E-state index in [2.05, 4.69) is 4.74 Å². The molecule has 0 spiro atoms. The molecule has 0 fully saturated rings. The maximum absolute atomic E-state index is 11.3. The molecule has 0 unspecified atom stereocenters. The molecule has 0 aromatic heterocycles. The van der Waals surface area contributed by atoms with E-state index < -0.39 is 10.9 Å². The van der Waals surface area contributed by atoms with Gasteiger partial charge < -0.3 is 14.4 Å². The zero-order valence-corrected chi connectivity index (χ0v) is 11.1. The molecule has 1 rings (SSSR count). The first-order valence-corrected chi connectivity index (χ1v) is 5.67. The molecular weight excluding hydrogens is 252 g/mol. The zero-order valence-electron chi connectivity index (χ0n) is 11.1. The summed E-state index contributed by atoms with van der Waals surface area (Å²) >= 11 is 0. The monoisotopic (exact) mass is 268 g/mol. The van der Waals surface area contributed by atoms with E-state index in [4.69, 9.17) is 4.74 Å². The smallest absolute Gasteiger partial charge is 0.325 e. The third-order valence-electron chi connectivity index (χ3n) is 2.65. The molecule has 0 aliphatic carbocycles. The van der Waals surface area contributed by atoms with Crippen LogP contribution in [0.5, 0.6) is 5.75 Å². The van der Waals surface area contributed by atoms with Crippen LogP contribution in [0.3, 0.4) is 0 Å².